The van der Waals surface area contributed by atoms with Crippen LogP contribution in [0.4, 0.5) is 5.95 Å². The first-order valence-corrected chi connectivity index (χ1v) is 6.02. The lowest BCUT2D eigenvalue weighted by atomic mass is 9.89. The SMILES string of the molecule is CN(CC(=O)O)c1n[nH]c(C2CCCCC2)n1. The van der Waals surface area contributed by atoms with E-state index in [1.54, 1.807) is 7.05 Å². The predicted octanol–water partition coefficient (Wildman–Crippen LogP) is 1.37. The monoisotopic (exact) mass is 238 g/mol. The Labute approximate surface area is 100 Å². The molecule has 6 nitrogen and oxygen atoms in total. The van der Waals surface area contributed by atoms with Gasteiger partial charge in [0.2, 0.25) is 5.95 Å². The zero-order valence-electron chi connectivity index (χ0n) is 10.0. The number of nitrogens with zero attached hydrogens (tertiary/aromatic N) is 3. The zero-order chi connectivity index (χ0) is 12.3. The van der Waals surface area contributed by atoms with E-state index >= 15 is 0 Å². The lowest BCUT2D eigenvalue weighted by Crippen LogP contribution is -2.26. The van der Waals surface area contributed by atoms with Crippen LogP contribution >= 0.6 is 0 Å². The summed E-state index contributed by atoms with van der Waals surface area (Å²) in [5.41, 5.74) is 0. The first-order chi connectivity index (χ1) is 8.16. The molecule has 0 aliphatic heterocycles. The van der Waals surface area contributed by atoms with Crippen LogP contribution in [0.2, 0.25) is 0 Å². The summed E-state index contributed by atoms with van der Waals surface area (Å²) in [5.74, 6) is 0.949. The van der Waals surface area contributed by atoms with Gasteiger partial charge in [-0.15, -0.1) is 5.10 Å². The molecule has 0 saturated heterocycles. The van der Waals surface area contributed by atoms with Crippen molar-refractivity contribution in [2.45, 2.75) is 38.0 Å². The number of H-pyrrole nitrogens is 1. The highest BCUT2D eigenvalue weighted by Gasteiger charge is 2.20. The van der Waals surface area contributed by atoms with Crippen LogP contribution in [0.3, 0.4) is 0 Å². The van der Waals surface area contributed by atoms with Gasteiger partial charge in [-0.25, -0.2) is 0 Å². The predicted molar refractivity (Wildman–Crippen MR) is 63.1 cm³/mol. The number of aliphatic carboxylic acids is 1. The lowest BCUT2D eigenvalue weighted by Gasteiger charge is -2.18. The van der Waals surface area contributed by atoms with Crippen LogP contribution in [-0.4, -0.2) is 39.8 Å². The Morgan fingerprint density at radius 2 is 2.18 bits per heavy atom. The van der Waals surface area contributed by atoms with Crippen LogP contribution in [0.25, 0.3) is 0 Å². The number of aromatic amines is 1. The van der Waals surface area contributed by atoms with Gasteiger partial charge in [-0.2, -0.15) is 4.98 Å². The molecule has 1 fully saturated rings. The fourth-order valence-electron chi connectivity index (χ4n) is 2.27. The van der Waals surface area contributed by atoms with E-state index in [-0.39, 0.29) is 6.54 Å². The van der Waals surface area contributed by atoms with Crippen LogP contribution in [0.5, 0.6) is 0 Å². The Morgan fingerprint density at radius 1 is 1.47 bits per heavy atom. The van der Waals surface area contributed by atoms with Gasteiger partial charge in [0.15, 0.2) is 0 Å². The third-order valence-electron chi connectivity index (χ3n) is 3.20. The summed E-state index contributed by atoms with van der Waals surface area (Å²) >= 11 is 0. The molecule has 0 unspecified atom stereocenters. The molecule has 17 heavy (non-hydrogen) atoms. The molecule has 1 aliphatic rings. The van der Waals surface area contributed by atoms with E-state index in [9.17, 15) is 4.79 Å². The van der Waals surface area contributed by atoms with Gasteiger partial charge < -0.3 is 10.0 Å². The van der Waals surface area contributed by atoms with Gasteiger partial charge in [0.1, 0.15) is 12.4 Å². The molecule has 0 bridgehead atoms. The van der Waals surface area contributed by atoms with Crippen molar-refractivity contribution in [2.24, 2.45) is 0 Å². The third-order valence-corrected chi connectivity index (χ3v) is 3.20. The number of rotatable bonds is 4. The highest BCUT2D eigenvalue weighted by Crippen LogP contribution is 2.30. The van der Waals surface area contributed by atoms with Crippen molar-refractivity contribution in [2.75, 3.05) is 18.5 Å². The number of carboxylic acids is 1. The lowest BCUT2D eigenvalue weighted by molar-refractivity contribution is -0.135. The number of carboxylic acid groups (broad SMARTS) is 1. The maximum absolute atomic E-state index is 10.6. The minimum Gasteiger partial charge on any atom is -0.480 e. The molecule has 2 N–H and O–H groups in total. The van der Waals surface area contributed by atoms with Crippen LogP contribution < -0.4 is 4.90 Å². The normalized spacial score (nSPS) is 17.0. The Hall–Kier alpha value is -1.59. The van der Waals surface area contributed by atoms with Gasteiger partial charge in [-0.3, -0.25) is 9.89 Å². The molecular formula is C11H18N4O2. The van der Waals surface area contributed by atoms with Crippen molar-refractivity contribution < 1.29 is 9.90 Å². The van der Waals surface area contributed by atoms with E-state index < -0.39 is 5.97 Å². The number of hydrogen-bond acceptors (Lipinski definition) is 4. The maximum Gasteiger partial charge on any atom is 0.323 e. The quantitative estimate of drug-likeness (QED) is 0.828. The smallest absolute Gasteiger partial charge is 0.323 e. The summed E-state index contributed by atoms with van der Waals surface area (Å²) in [6, 6.07) is 0. The second-order valence-electron chi connectivity index (χ2n) is 4.61. The molecule has 1 aromatic rings. The van der Waals surface area contributed by atoms with Gasteiger partial charge in [0, 0.05) is 13.0 Å². The van der Waals surface area contributed by atoms with E-state index in [0.717, 1.165) is 18.7 Å². The Morgan fingerprint density at radius 3 is 2.82 bits per heavy atom. The fourth-order valence-corrected chi connectivity index (χ4v) is 2.27. The van der Waals surface area contributed by atoms with E-state index in [4.69, 9.17) is 5.11 Å². The second kappa shape index (κ2) is 5.16. The molecule has 1 aliphatic carbocycles. The molecule has 0 aromatic carbocycles. The first kappa shape index (κ1) is 11.9. The van der Waals surface area contributed by atoms with Gasteiger partial charge >= 0.3 is 5.97 Å². The molecule has 0 amide bonds. The summed E-state index contributed by atoms with van der Waals surface area (Å²) < 4.78 is 0. The van der Waals surface area contributed by atoms with Crippen LogP contribution in [0, 0.1) is 0 Å². The highest BCUT2D eigenvalue weighted by atomic mass is 16.4. The minimum absolute atomic E-state index is 0.0814. The summed E-state index contributed by atoms with van der Waals surface area (Å²) in [7, 11) is 1.68. The number of anilines is 1. The topological polar surface area (TPSA) is 82.1 Å². The maximum atomic E-state index is 10.6. The van der Waals surface area contributed by atoms with Crippen LogP contribution in [-0.2, 0) is 4.79 Å². The molecule has 1 heterocycles. The summed E-state index contributed by atoms with van der Waals surface area (Å²) in [6.45, 7) is -0.0814. The van der Waals surface area contributed by atoms with Gasteiger partial charge in [0.25, 0.3) is 0 Å². The fraction of sp³-hybridized carbons (Fsp3) is 0.727. The van der Waals surface area contributed by atoms with Crippen molar-refractivity contribution in [3.8, 4) is 0 Å². The van der Waals surface area contributed by atoms with Crippen molar-refractivity contribution in [3.63, 3.8) is 0 Å². The number of hydrogen-bond donors (Lipinski definition) is 2. The molecular weight excluding hydrogens is 220 g/mol. The van der Waals surface area contributed by atoms with Crippen molar-refractivity contribution in [1.82, 2.24) is 15.2 Å². The molecule has 0 spiro atoms. The molecule has 0 atom stereocenters. The number of likely N-dealkylation sites (N-methyl/N-ethyl adjacent to an activating group) is 1. The van der Waals surface area contributed by atoms with Gasteiger partial charge in [0.05, 0.1) is 0 Å². The van der Waals surface area contributed by atoms with Crippen molar-refractivity contribution in [3.05, 3.63) is 5.82 Å². The Balaban J connectivity index is 2.01. The van der Waals surface area contributed by atoms with Crippen molar-refractivity contribution >= 4 is 11.9 Å². The van der Waals surface area contributed by atoms with E-state index in [1.165, 1.54) is 24.2 Å². The number of aromatic nitrogens is 3. The first-order valence-electron chi connectivity index (χ1n) is 6.02. The highest BCUT2D eigenvalue weighted by molar-refractivity contribution is 5.72. The second-order valence-corrected chi connectivity index (χ2v) is 4.61. The average Bonchev–Trinajstić information content (AvgIpc) is 2.78. The van der Waals surface area contributed by atoms with E-state index in [0.29, 0.717) is 11.9 Å². The van der Waals surface area contributed by atoms with Gasteiger partial charge in [-0.05, 0) is 12.8 Å². The van der Waals surface area contributed by atoms with E-state index in [2.05, 4.69) is 15.2 Å². The molecule has 2 rings (SSSR count). The summed E-state index contributed by atoms with van der Waals surface area (Å²) in [4.78, 5) is 16.5. The Bertz CT molecular complexity index is 385. The standard InChI is InChI=1S/C11H18N4O2/c1-15(7-9(16)17)11-12-10(13-14-11)8-5-3-2-4-6-8/h8H,2-7H2,1H3,(H,16,17)(H,12,13,14). The molecule has 94 valence electrons. The third kappa shape index (κ3) is 2.95. The number of carbonyl (C=O) groups is 1. The van der Waals surface area contributed by atoms with Crippen molar-refractivity contribution in [1.29, 1.82) is 0 Å². The molecule has 1 saturated carbocycles. The van der Waals surface area contributed by atoms with Crippen LogP contribution in [0.1, 0.15) is 43.8 Å². The largest absolute Gasteiger partial charge is 0.480 e. The average molecular weight is 238 g/mol. The molecule has 0 radical (unpaired) electrons. The van der Waals surface area contributed by atoms with Crippen LogP contribution in [0.15, 0.2) is 0 Å². The van der Waals surface area contributed by atoms with Gasteiger partial charge in [-0.1, -0.05) is 19.3 Å². The molecule has 1 aromatic heterocycles. The molecule has 6 heteroatoms. The van der Waals surface area contributed by atoms with E-state index in [1.807, 2.05) is 0 Å². The summed E-state index contributed by atoms with van der Waals surface area (Å²) in [5, 5.41) is 15.7. The number of nitrogens with one attached hydrogen (secondary N) is 1. The zero-order valence-corrected chi connectivity index (χ0v) is 10.0. The minimum atomic E-state index is -0.878. The summed E-state index contributed by atoms with van der Waals surface area (Å²) in [6.07, 6.45) is 6.09. The Kier molecular flexibility index (Phi) is 3.61.